The van der Waals surface area contributed by atoms with Crippen LogP contribution in [0.15, 0.2) is 40.9 Å². The standard InChI is InChI=1S/C15H12BrF2NO/c1-9-3-2-4-12(14(9)18)15(20)19-8-10-7-11(16)5-6-13(10)17/h2-7H,8H2,1H3,(H,19,20). The molecule has 0 spiro atoms. The molecule has 1 N–H and O–H groups in total. The molecule has 0 aliphatic rings. The topological polar surface area (TPSA) is 29.1 Å². The minimum atomic E-state index is -0.564. The van der Waals surface area contributed by atoms with E-state index in [0.29, 0.717) is 15.6 Å². The lowest BCUT2D eigenvalue weighted by Crippen LogP contribution is -2.24. The van der Waals surface area contributed by atoms with Crippen molar-refractivity contribution in [3.05, 3.63) is 69.2 Å². The summed E-state index contributed by atoms with van der Waals surface area (Å²) in [6, 6.07) is 9.03. The van der Waals surface area contributed by atoms with E-state index < -0.39 is 17.5 Å². The van der Waals surface area contributed by atoms with Crippen molar-refractivity contribution in [1.29, 1.82) is 0 Å². The molecule has 0 saturated carbocycles. The lowest BCUT2D eigenvalue weighted by molar-refractivity contribution is 0.0946. The van der Waals surface area contributed by atoms with Crippen LogP contribution in [0.4, 0.5) is 8.78 Å². The molecule has 0 unspecified atom stereocenters. The van der Waals surface area contributed by atoms with Gasteiger partial charge in [0.2, 0.25) is 0 Å². The predicted molar refractivity (Wildman–Crippen MR) is 76.4 cm³/mol. The molecule has 2 aromatic carbocycles. The summed E-state index contributed by atoms with van der Waals surface area (Å²) in [4.78, 5) is 11.9. The van der Waals surface area contributed by atoms with E-state index in [4.69, 9.17) is 0 Å². The van der Waals surface area contributed by atoms with E-state index in [0.717, 1.165) is 0 Å². The SMILES string of the molecule is Cc1cccc(C(=O)NCc2cc(Br)ccc2F)c1F. The van der Waals surface area contributed by atoms with Crippen molar-refractivity contribution in [2.24, 2.45) is 0 Å². The minimum absolute atomic E-state index is 0.00249. The average Bonchev–Trinajstić information content (AvgIpc) is 2.42. The van der Waals surface area contributed by atoms with Crippen molar-refractivity contribution in [3.8, 4) is 0 Å². The molecule has 20 heavy (non-hydrogen) atoms. The fourth-order valence-electron chi connectivity index (χ4n) is 1.77. The first-order chi connectivity index (χ1) is 9.49. The number of halogens is 3. The molecule has 0 atom stereocenters. The van der Waals surface area contributed by atoms with Gasteiger partial charge in [0.15, 0.2) is 0 Å². The van der Waals surface area contributed by atoms with Gasteiger partial charge in [-0.2, -0.15) is 0 Å². The Bertz CT molecular complexity index is 658. The molecular weight excluding hydrogens is 328 g/mol. The quantitative estimate of drug-likeness (QED) is 0.900. The van der Waals surface area contributed by atoms with Gasteiger partial charge in [-0.3, -0.25) is 4.79 Å². The van der Waals surface area contributed by atoms with Gasteiger partial charge in [-0.1, -0.05) is 28.1 Å². The first-order valence-corrected chi connectivity index (χ1v) is 6.75. The van der Waals surface area contributed by atoms with E-state index in [1.807, 2.05) is 0 Å². The number of amides is 1. The number of carbonyl (C=O) groups excluding carboxylic acids is 1. The molecule has 0 heterocycles. The van der Waals surface area contributed by atoms with Crippen molar-refractivity contribution in [1.82, 2.24) is 5.32 Å². The van der Waals surface area contributed by atoms with Crippen LogP contribution in [0.25, 0.3) is 0 Å². The highest BCUT2D eigenvalue weighted by Gasteiger charge is 2.13. The van der Waals surface area contributed by atoms with Crippen molar-refractivity contribution >= 4 is 21.8 Å². The zero-order chi connectivity index (χ0) is 14.7. The second-order valence-electron chi connectivity index (χ2n) is 4.35. The average molecular weight is 340 g/mol. The van der Waals surface area contributed by atoms with Gasteiger partial charge in [0, 0.05) is 16.6 Å². The molecule has 0 saturated heterocycles. The van der Waals surface area contributed by atoms with Crippen LogP contribution < -0.4 is 5.32 Å². The fourth-order valence-corrected chi connectivity index (χ4v) is 2.18. The minimum Gasteiger partial charge on any atom is -0.348 e. The van der Waals surface area contributed by atoms with Crippen molar-refractivity contribution < 1.29 is 13.6 Å². The number of aryl methyl sites for hydroxylation is 1. The zero-order valence-corrected chi connectivity index (χ0v) is 12.3. The van der Waals surface area contributed by atoms with Gasteiger partial charge < -0.3 is 5.32 Å². The molecule has 0 aliphatic carbocycles. The highest BCUT2D eigenvalue weighted by atomic mass is 79.9. The van der Waals surface area contributed by atoms with Crippen LogP contribution in [0.5, 0.6) is 0 Å². The van der Waals surface area contributed by atoms with Gasteiger partial charge in [0.25, 0.3) is 5.91 Å². The Morgan fingerprint density at radius 1 is 1.25 bits per heavy atom. The highest BCUT2D eigenvalue weighted by Crippen LogP contribution is 2.16. The Morgan fingerprint density at radius 3 is 2.75 bits per heavy atom. The molecule has 2 nitrogen and oxygen atoms in total. The summed E-state index contributed by atoms with van der Waals surface area (Å²) in [6.45, 7) is 1.58. The summed E-state index contributed by atoms with van der Waals surface area (Å²) in [7, 11) is 0. The lowest BCUT2D eigenvalue weighted by atomic mass is 10.1. The van der Waals surface area contributed by atoms with E-state index in [-0.39, 0.29) is 12.1 Å². The third-order valence-electron chi connectivity index (χ3n) is 2.88. The number of carbonyl (C=O) groups is 1. The van der Waals surface area contributed by atoms with Gasteiger partial charge in [0.05, 0.1) is 5.56 Å². The van der Waals surface area contributed by atoms with Gasteiger partial charge in [-0.25, -0.2) is 8.78 Å². The second kappa shape index (κ2) is 6.13. The number of rotatable bonds is 3. The Morgan fingerprint density at radius 2 is 2.00 bits per heavy atom. The number of hydrogen-bond donors (Lipinski definition) is 1. The van der Waals surface area contributed by atoms with Crippen LogP contribution >= 0.6 is 15.9 Å². The third kappa shape index (κ3) is 3.22. The maximum Gasteiger partial charge on any atom is 0.254 e. The monoisotopic (exact) mass is 339 g/mol. The molecule has 0 aliphatic heterocycles. The largest absolute Gasteiger partial charge is 0.348 e. The maximum absolute atomic E-state index is 13.8. The first kappa shape index (κ1) is 14.7. The summed E-state index contributed by atoms with van der Waals surface area (Å²) < 4.78 is 28.0. The van der Waals surface area contributed by atoms with Crippen LogP contribution in [-0.2, 0) is 6.54 Å². The van der Waals surface area contributed by atoms with Crippen LogP contribution in [0.3, 0.4) is 0 Å². The van der Waals surface area contributed by atoms with Gasteiger partial charge in [0.1, 0.15) is 11.6 Å². The predicted octanol–water partition coefficient (Wildman–Crippen LogP) is 3.97. The van der Waals surface area contributed by atoms with E-state index in [2.05, 4.69) is 21.2 Å². The Labute approximate surface area is 123 Å². The van der Waals surface area contributed by atoms with E-state index in [9.17, 15) is 13.6 Å². The Kier molecular flexibility index (Phi) is 4.49. The molecule has 1 amide bonds. The maximum atomic E-state index is 13.8. The Hall–Kier alpha value is -1.75. The van der Waals surface area contributed by atoms with E-state index >= 15 is 0 Å². The van der Waals surface area contributed by atoms with Crippen LogP contribution in [-0.4, -0.2) is 5.91 Å². The molecule has 104 valence electrons. The van der Waals surface area contributed by atoms with Crippen LogP contribution in [0.1, 0.15) is 21.5 Å². The molecule has 0 radical (unpaired) electrons. The van der Waals surface area contributed by atoms with Crippen molar-refractivity contribution in [2.45, 2.75) is 13.5 Å². The second-order valence-corrected chi connectivity index (χ2v) is 5.27. The van der Waals surface area contributed by atoms with Crippen LogP contribution in [0.2, 0.25) is 0 Å². The molecular formula is C15H12BrF2NO. The lowest BCUT2D eigenvalue weighted by Gasteiger charge is -2.08. The van der Waals surface area contributed by atoms with Gasteiger partial charge >= 0.3 is 0 Å². The van der Waals surface area contributed by atoms with E-state index in [1.54, 1.807) is 31.2 Å². The molecule has 0 bridgehead atoms. The van der Waals surface area contributed by atoms with Crippen molar-refractivity contribution in [2.75, 3.05) is 0 Å². The normalized spacial score (nSPS) is 10.4. The first-order valence-electron chi connectivity index (χ1n) is 5.96. The number of nitrogens with one attached hydrogen (secondary N) is 1. The van der Waals surface area contributed by atoms with E-state index in [1.165, 1.54) is 12.1 Å². The smallest absolute Gasteiger partial charge is 0.254 e. The molecule has 5 heteroatoms. The summed E-state index contributed by atoms with van der Waals surface area (Å²) >= 11 is 3.23. The summed E-state index contributed by atoms with van der Waals surface area (Å²) in [5.41, 5.74) is 0.687. The van der Waals surface area contributed by atoms with Crippen molar-refractivity contribution in [3.63, 3.8) is 0 Å². The fraction of sp³-hybridized carbons (Fsp3) is 0.133. The Balaban J connectivity index is 2.13. The third-order valence-corrected chi connectivity index (χ3v) is 3.38. The summed E-state index contributed by atoms with van der Waals surface area (Å²) in [5.74, 6) is -1.54. The highest BCUT2D eigenvalue weighted by molar-refractivity contribution is 9.10. The number of benzene rings is 2. The molecule has 2 rings (SSSR count). The van der Waals surface area contributed by atoms with Gasteiger partial charge in [-0.15, -0.1) is 0 Å². The summed E-state index contributed by atoms with van der Waals surface area (Å²) in [6.07, 6.45) is 0. The molecule has 0 fully saturated rings. The summed E-state index contributed by atoms with van der Waals surface area (Å²) in [5, 5.41) is 2.51. The van der Waals surface area contributed by atoms with Gasteiger partial charge in [-0.05, 0) is 36.8 Å². The molecule has 2 aromatic rings. The van der Waals surface area contributed by atoms with Crippen LogP contribution in [0, 0.1) is 18.6 Å². The zero-order valence-electron chi connectivity index (χ0n) is 10.7. The number of hydrogen-bond acceptors (Lipinski definition) is 1. The molecule has 0 aromatic heterocycles.